The van der Waals surface area contributed by atoms with Gasteiger partial charge in [0.2, 0.25) is 0 Å². The Morgan fingerprint density at radius 2 is 1.71 bits per heavy atom. The molecule has 0 aromatic heterocycles. The minimum atomic E-state index is -0.243. The summed E-state index contributed by atoms with van der Waals surface area (Å²) in [7, 11) is 0. The summed E-state index contributed by atoms with van der Waals surface area (Å²) in [6.07, 6.45) is 1.57. The molecule has 0 radical (unpaired) electrons. The van der Waals surface area contributed by atoms with Gasteiger partial charge in [-0.05, 0) is 24.6 Å². The topological polar surface area (TPSA) is 38.8 Å². The highest BCUT2D eigenvalue weighted by atomic mass is 16.6. The average Bonchev–Trinajstić information content (AvgIpc) is 2.63. The summed E-state index contributed by atoms with van der Waals surface area (Å²) in [5, 5.41) is 0. The quantitative estimate of drug-likeness (QED) is 0.846. The van der Waals surface area contributed by atoms with Crippen molar-refractivity contribution >= 4 is 6.09 Å². The van der Waals surface area contributed by atoms with Gasteiger partial charge in [-0.2, -0.15) is 0 Å². The van der Waals surface area contributed by atoms with E-state index in [0.717, 1.165) is 24.2 Å². The second kappa shape index (κ2) is 7.86. The Hall–Kier alpha value is -2.49. The molecular weight excluding hydrogens is 302 g/mol. The van der Waals surface area contributed by atoms with E-state index in [9.17, 15) is 4.79 Å². The van der Waals surface area contributed by atoms with Gasteiger partial charge in [-0.3, -0.25) is 0 Å². The van der Waals surface area contributed by atoms with Crippen LogP contribution in [0.3, 0.4) is 0 Å². The van der Waals surface area contributed by atoms with Crippen LogP contribution in [-0.2, 0) is 11.3 Å². The lowest BCUT2D eigenvalue weighted by Gasteiger charge is -2.31. The standard InChI is InChI=1S/C20H23NO3/c1-16-7-9-18(10-8-16)24-19-11-13-21(14-12-19)20(22)23-15-17-5-3-2-4-6-17/h2-10,19H,11-15H2,1H3. The van der Waals surface area contributed by atoms with Crippen molar-refractivity contribution in [2.75, 3.05) is 13.1 Å². The summed E-state index contributed by atoms with van der Waals surface area (Å²) in [4.78, 5) is 13.9. The first-order chi connectivity index (χ1) is 11.7. The molecule has 24 heavy (non-hydrogen) atoms. The summed E-state index contributed by atoms with van der Waals surface area (Å²) in [6, 6.07) is 17.8. The van der Waals surface area contributed by atoms with E-state index >= 15 is 0 Å². The van der Waals surface area contributed by atoms with E-state index in [1.165, 1.54) is 5.56 Å². The first kappa shape index (κ1) is 16.4. The lowest BCUT2D eigenvalue weighted by molar-refractivity contribution is 0.0638. The minimum Gasteiger partial charge on any atom is -0.490 e. The number of rotatable bonds is 4. The van der Waals surface area contributed by atoms with Crippen molar-refractivity contribution < 1.29 is 14.3 Å². The van der Waals surface area contributed by atoms with Crippen LogP contribution in [0.2, 0.25) is 0 Å². The minimum absolute atomic E-state index is 0.158. The molecule has 1 aliphatic rings. The van der Waals surface area contributed by atoms with E-state index in [-0.39, 0.29) is 12.2 Å². The summed E-state index contributed by atoms with van der Waals surface area (Å²) in [6.45, 7) is 3.72. The van der Waals surface area contributed by atoms with Crippen molar-refractivity contribution in [3.05, 3.63) is 65.7 Å². The van der Waals surface area contributed by atoms with Crippen molar-refractivity contribution in [2.45, 2.75) is 32.5 Å². The zero-order valence-corrected chi connectivity index (χ0v) is 14.0. The Labute approximate surface area is 143 Å². The fourth-order valence-electron chi connectivity index (χ4n) is 2.78. The Morgan fingerprint density at radius 1 is 1.04 bits per heavy atom. The molecule has 4 heteroatoms. The van der Waals surface area contributed by atoms with Gasteiger partial charge in [-0.25, -0.2) is 4.79 Å². The van der Waals surface area contributed by atoms with E-state index in [0.29, 0.717) is 19.7 Å². The monoisotopic (exact) mass is 325 g/mol. The van der Waals surface area contributed by atoms with Gasteiger partial charge in [0.25, 0.3) is 0 Å². The zero-order valence-electron chi connectivity index (χ0n) is 14.0. The van der Waals surface area contributed by atoms with Crippen molar-refractivity contribution in [1.82, 2.24) is 4.90 Å². The van der Waals surface area contributed by atoms with Gasteiger partial charge < -0.3 is 14.4 Å². The predicted octanol–water partition coefficient (Wildman–Crippen LogP) is 4.18. The van der Waals surface area contributed by atoms with Gasteiger partial charge in [0, 0.05) is 25.9 Å². The van der Waals surface area contributed by atoms with Gasteiger partial charge >= 0.3 is 6.09 Å². The molecule has 0 spiro atoms. The Bertz CT molecular complexity index is 646. The van der Waals surface area contributed by atoms with Crippen LogP contribution >= 0.6 is 0 Å². The van der Waals surface area contributed by atoms with E-state index in [4.69, 9.17) is 9.47 Å². The fraction of sp³-hybridized carbons (Fsp3) is 0.350. The second-order valence-corrected chi connectivity index (χ2v) is 6.16. The molecule has 2 aromatic rings. The number of carbonyl (C=O) groups excluding carboxylic acids is 1. The van der Waals surface area contributed by atoms with Crippen LogP contribution in [0.1, 0.15) is 24.0 Å². The fourth-order valence-corrected chi connectivity index (χ4v) is 2.78. The molecule has 0 atom stereocenters. The van der Waals surface area contributed by atoms with Crippen LogP contribution in [0.4, 0.5) is 4.79 Å². The van der Waals surface area contributed by atoms with Crippen LogP contribution < -0.4 is 4.74 Å². The number of nitrogens with zero attached hydrogens (tertiary/aromatic N) is 1. The number of amides is 1. The second-order valence-electron chi connectivity index (χ2n) is 6.16. The van der Waals surface area contributed by atoms with Crippen molar-refractivity contribution in [3.8, 4) is 5.75 Å². The highest BCUT2D eigenvalue weighted by Crippen LogP contribution is 2.20. The van der Waals surface area contributed by atoms with Crippen LogP contribution in [0.25, 0.3) is 0 Å². The summed E-state index contributed by atoms with van der Waals surface area (Å²) < 4.78 is 11.4. The molecule has 1 saturated heterocycles. The number of hydrogen-bond acceptors (Lipinski definition) is 3. The SMILES string of the molecule is Cc1ccc(OC2CCN(C(=O)OCc3ccccc3)CC2)cc1. The van der Waals surface area contributed by atoms with Crippen LogP contribution in [-0.4, -0.2) is 30.2 Å². The predicted molar refractivity (Wildman–Crippen MR) is 93.0 cm³/mol. The summed E-state index contributed by atoms with van der Waals surface area (Å²) in [5.41, 5.74) is 2.22. The lowest BCUT2D eigenvalue weighted by atomic mass is 10.1. The van der Waals surface area contributed by atoms with Gasteiger partial charge in [0.05, 0.1) is 0 Å². The number of benzene rings is 2. The molecule has 0 unspecified atom stereocenters. The third kappa shape index (κ3) is 4.51. The smallest absolute Gasteiger partial charge is 0.410 e. The lowest BCUT2D eigenvalue weighted by Crippen LogP contribution is -2.42. The van der Waals surface area contributed by atoms with Crippen molar-refractivity contribution in [2.24, 2.45) is 0 Å². The molecule has 2 aromatic carbocycles. The summed E-state index contributed by atoms with van der Waals surface area (Å²) >= 11 is 0. The number of hydrogen-bond donors (Lipinski definition) is 0. The number of aryl methyl sites for hydroxylation is 1. The molecular formula is C20H23NO3. The molecule has 0 bridgehead atoms. The maximum absolute atomic E-state index is 12.1. The third-order valence-corrected chi connectivity index (χ3v) is 4.23. The first-order valence-electron chi connectivity index (χ1n) is 8.39. The highest BCUT2D eigenvalue weighted by molar-refractivity contribution is 5.67. The Kier molecular flexibility index (Phi) is 5.36. The van der Waals surface area contributed by atoms with Crippen molar-refractivity contribution in [3.63, 3.8) is 0 Å². The average molecular weight is 325 g/mol. The third-order valence-electron chi connectivity index (χ3n) is 4.23. The normalized spacial score (nSPS) is 15.1. The van der Waals surface area contributed by atoms with Crippen molar-refractivity contribution in [1.29, 1.82) is 0 Å². The molecule has 126 valence electrons. The number of carbonyl (C=O) groups is 1. The highest BCUT2D eigenvalue weighted by Gasteiger charge is 2.24. The molecule has 4 nitrogen and oxygen atoms in total. The van der Waals surface area contributed by atoms with E-state index in [1.807, 2.05) is 54.6 Å². The first-order valence-corrected chi connectivity index (χ1v) is 8.39. The molecule has 1 fully saturated rings. The van der Waals surface area contributed by atoms with Gasteiger partial charge in [-0.1, -0.05) is 48.0 Å². The zero-order chi connectivity index (χ0) is 16.8. The molecule has 0 N–H and O–H groups in total. The van der Waals surface area contributed by atoms with E-state index in [2.05, 4.69) is 6.92 Å². The largest absolute Gasteiger partial charge is 0.490 e. The maximum atomic E-state index is 12.1. The number of likely N-dealkylation sites (tertiary alicyclic amines) is 1. The van der Waals surface area contributed by atoms with Gasteiger partial charge in [0.15, 0.2) is 0 Å². The molecule has 0 saturated carbocycles. The van der Waals surface area contributed by atoms with E-state index in [1.54, 1.807) is 4.90 Å². The number of piperidine rings is 1. The number of ether oxygens (including phenoxy) is 2. The molecule has 0 aliphatic carbocycles. The Balaban J connectivity index is 1.42. The van der Waals surface area contributed by atoms with Crippen LogP contribution in [0.5, 0.6) is 5.75 Å². The Morgan fingerprint density at radius 3 is 2.38 bits per heavy atom. The maximum Gasteiger partial charge on any atom is 0.410 e. The van der Waals surface area contributed by atoms with Gasteiger partial charge in [0.1, 0.15) is 18.5 Å². The van der Waals surface area contributed by atoms with Crippen LogP contribution in [0, 0.1) is 6.92 Å². The molecule has 1 aliphatic heterocycles. The molecule has 1 heterocycles. The molecule has 3 rings (SSSR count). The molecule has 1 amide bonds. The van der Waals surface area contributed by atoms with Crippen LogP contribution in [0.15, 0.2) is 54.6 Å². The van der Waals surface area contributed by atoms with Gasteiger partial charge in [-0.15, -0.1) is 0 Å². The van der Waals surface area contributed by atoms with E-state index < -0.39 is 0 Å². The summed E-state index contributed by atoms with van der Waals surface area (Å²) in [5.74, 6) is 0.894.